The molecule has 0 N–H and O–H groups in total. The fourth-order valence-electron chi connectivity index (χ4n) is 2.33. The van der Waals surface area contributed by atoms with Gasteiger partial charge in [-0.05, 0) is 54.4 Å². The molecule has 0 heterocycles. The van der Waals surface area contributed by atoms with E-state index >= 15 is 0 Å². The summed E-state index contributed by atoms with van der Waals surface area (Å²) in [6, 6.07) is 21.9. The zero-order valence-electron chi connectivity index (χ0n) is 13.2. The van der Waals surface area contributed by atoms with Crippen molar-refractivity contribution in [2.75, 3.05) is 0 Å². The van der Waals surface area contributed by atoms with E-state index < -0.39 is 5.97 Å². The number of aryl methyl sites for hydroxylation is 1. The van der Waals surface area contributed by atoms with Crippen LogP contribution in [0.2, 0.25) is 0 Å². The molecular formula is C21H16O3. The van der Waals surface area contributed by atoms with Crippen molar-refractivity contribution >= 4 is 12.3 Å². The number of esters is 1. The van der Waals surface area contributed by atoms with Crippen LogP contribution in [0.25, 0.3) is 11.1 Å². The molecule has 0 atom stereocenters. The Kier molecular flexibility index (Phi) is 4.52. The van der Waals surface area contributed by atoms with Crippen molar-refractivity contribution < 1.29 is 14.3 Å². The molecule has 24 heavy (non-hydrogen) atoms. The molecule has 3 heteroatoms. The lowest BCUT2D eigenvalue weighted by molar-refractivity contribution is 0.0734. The Bertz CT molecular complexity index is 845. The maximum Gasteiger partial charge on any atom is 0.343 e. The lowest BCUT2D eigenvalue weighted by atomic mass is 10.0. The Morgan fingerprint density at radius 2 is 1.33 bits per heavy atom. The van der Waals surface area contributed by atoms with Gasteiger partial charge in [-0.15, -0.1) is 0 Å². The predicted octanol–water partition coefficient (Wildman–Crippen LogP) is 4.69. The number of rotatable bonds is 4. The first kappa shape index (κ1) is 15.7. The predicted molar refractivity (Wildman–Crippen MR) is 93.4 cm³/mol. The van der Waals surface area contributed by atoms with E-state index in [2.05, 4.69) is 24.3 Å². The highest BCUT2D eigenvalue weighted by Crippen LogP contribution is 2.21. The van der Waals surface area contributed by atoms with Gasteiger partial charge in [0, 0.05) is 5.56 Å². The van der Waals surface area contributed by atoms with Crippen LogP contribution in [0.1, 0.15) is 26.3 Å². The van der Waals surface area contributed by atoms with Gasteiger partial charge in [-0.25, -0.2) is 4.79 Å². The molecule has 0 aliphatic carbocycles. The van der Waals surface area contributed by atoms with E-state index in [1.54, 1.807) is 36.4 Å². The monoisotopic (exact) mass is 316 g/mol. The van der Waals surface area contributed by atoms with E-state index in [1.807, 2.05) is 19.1 Å². The van der Waals surface area contributed by atoms with Crippen LogP contribution in [0.15, 0.2) is 72.8 Å². The third-order valence-corrected chi connectivity index (χ3v) is 3.73. The molecule has 0 saturated carbocycles. The molecule has 0 bridgehead atoms. The number of hydrogen-bond donors (Lipinski definition) is 0. The number of carbonyl (C=O) groups is 2. The van der Waals surface area contributed by atoms with Crippen molar-refractivity contribution in [3.63, 3.8) is 0 Å². The van der Waals surface area contributed by atoms with Gasteiger partial charge in [0.05, 0.1) is 5.56 Å². The summed E-state index contributed by atoms with van der Waals surface area (Å²) in [4.78, 5) is 22.8. The van der Waals surface area contributed by atoms with Gasteiger partial charge >= 0.3 is 5.97 Å². The van der Waals surface area contributed by atoms with Crippen LogP contribution in [0.3, 0.4) is 0 Å². The van der Waals surface area contributed by atoms with Gasteiger partial charge in [0.1, 0.15) is 12.0 Å². The minimum atomic E-state index is -0.427. The van der Waals surface area contributed by atoms with Crippen molar-refractivity contribution in [3.8, 4) is 16.9 Å². The normalized spacial score (nSPS) is 10.2. The highest BCUT2D eigenvalue weighted by atomic mass is 16.5. The molecule has 0 aliphatic heterocycles. The van der Waals surface area contributed by atoms with Gasteiger partial charge < -0.3 is 4.74 Å². The fraction of sp³-hybridized carbons (Fsp3) is 0.0476. The first-order chi connectivity index (χ1) is 11.7. The standard InChI is InChI=1S/C21H16O3/c1-15-2-6-17(7-3-15)18-8-10-19(11-9-18)21(23)24-20-12-4-16(14-22)5-13-20/h2-14H,1H3. The van der Waals surface area contributed by atoms with Gasteiger partial charge in [-0.2, -0.15) is 0 Å². The summed E-state index contributed by atoms with van der Waals surface area (Å²) in [5.74, 6) is -0.0162. The summed E-state index contributed by atoms with van der Waals surface area (Å²) in [6.07, 6.45) is 0.745. The topological polar surface area (TPSA) is 43.4 Å². The Hall–Kier alpha value is -3.20. The molecule has 3 nitrogen and oxygen atoms in total. The van der Waals surface area contributed by atoms with E-state index in [0.29, 0.717) is 16.9 Å². The molecule has 3 aromatic rings. The average Bonchev–Trinajstić information content (AvgIpc) is 2.63. The summed E-state index contributed by atoms with van der Waals surface area (Å²) in [6.45, 7) is 2.05. The zero-order valence-corrected chi connectivity index (χ0v) is 13.2. The Morgan fingerprint density at radius 3 is 1.88 bits per heavy atom. The largest absolute Gasteiger partial charge is 0.423 e. The number of benzene rings is 3. The van der Waals surface area contributed by atoms with Crippen molar-refractivity contribution in [2.24, 2.45) is 0 Å². The summed E-state index contributed by atoms with van der Waals surface area (Å²) in [5.41, 5.74) is 4.37. The lowest BCUT2D eigenvalue weighted by Crippen LogP contribution is -2.08. The van der Waals surface area contributed by atoms with Gasteiger partial charge in [0.15, 0.2) is 0 Å². The first-order valence-corrected chi connectivity index (χ1v) is 7.60. The molecule has 3 aromatic carbocycles. The van der Waals surface area contributed by atoms with Gasteiger partial charge in [0.2, 0.25) is 0 Å². The first-order valence-electron chi connectivity index (χ1n) is 7.60. The van der Waals surface area contributed by atoms with E-state index in [4.69, 9.17) is 4.74 Å². The molecule has 0 spiro atoms. The fourth-order valence-corrected chi connectivity index (χ4v) is 2.33. The molecule has 0 aliphatic rings. The molecule has 0 saturated heterocycles. The molecule has 0 radical (unpaired) electrons. The highest BCUT2D eigenvalue weighted by Gasteiger charge is 2.09. The maximum atomic E-state index is 12.2. The molecule has 0 aromatic heterocycles. The van der Waals surface area contributed by atoms with E-state index in [9.17, 15) is 9.59 Å². The van der Waals surface area contributed by atoms with E-state index in [0.717, 1.165) is 17.4 Å². The second-order valence-electron chi connectivity index (χ2n) is 5.52. The Morgan fingerprint density at radius 1 is 0.792 bits per heavy atom. The van der Waals surface area contributed by atoms with Crippen LogP contribution >= 0.6 is 0 Å². The zero-order chi connectivity index (χ0) is 16.9. The number of ether oxygens (including phenoxy) is 1. The Labute approximate surface area is 140 Å². The summed E-state index contributed by atoms with van der Waals surface area (Å²) < 4.78 is 5.31. The van der Waals surface area contributed by atoms with Crippen molar-refractivity contribution in [2.45, 2.75) is 6.92 Å². The minimum Gasteiger partial charge on any atom is -0.423 e. The van der Waals surface area contributed by atoms with Gasteiger partial charge in [-0.3, -0.25) is 4.79 Å². The minimum absolute atomic E-state index is 0.410. The SMILES string of the molecule is Cc1ccc(-c2ccc(C(=O)Oc3ccc(C=O)cc3)cc2)cc1. The van der Waals surface area contributed by atoms with Crippen LogP contribution in [0, 0.1) is 6.92 Å². The number of hydrogen-bond acceptors (Lipinski definition) is 3. The third kappa shape index (κ3) is 3.58. The molecular weight excluding hydrogens is 300 g/mol. The highest BCUT2D eigenvalue weighted by molar-refractivity contribution is 5.91. The third-order valence-electron chi connectivity index (χ3n) is 3.73. The van der Waals surface area contributed by atoms with E-state index in [-0.39, 0.29) is 0 Å². The summed E-state index contributed by atoms with van der Waals surface area (Å²) in [5, 5.41) is 0. The molecule has 3 rings (SSSR count). The van der Waals surface area contributed by atoms with Crippen molar-refractivity contribution in [1.29, 1.82) is 0 Å². The number of carbonyl (C=O) groups excluding carboxylic acids is 2. The smallest absolute Gasteiger partial charge is 0.343 e. The van der Waals surface area contributed by atoms with Crippen LogP contribution in [0.5, 0.6) is 5.75 Å². The number of aldehydes is 1. The molecule has 0 unspecified atom stereocenters. The van der Waals surface area contributed by atoms with Crippen molar-refractivity contribution in [1.82, 2.24) is 0 Å². The lowest BCUT2D eigenvalue weighted by Gasteiger charge is -2.06. The second kappa shape index (κ2) is 6.92. The van der Waals surface area contributed by atoms with E-state index in [1.165, 1.54) is 5.56 Å². The molecule has 0 fully saturated rings. The maximum absolute atomic E-state index is 12.2. The average molecular weight is 316 g/mol. The summed E-state index contributed by atoms with van der Waals surface area (Å²) in [7, 11) is 0. The van der Waals surface area contributed by atoms with Crippen LogP contribution in [-0.2, 0) is 0 Å². The second-order valence-corrected chi connectivity index (χ2v) is 5.52. The van der Waals surface area contributed by atoms with Gasteiger partial charge in [-0.1, -0.05) is 42.0 Å². The van der Waals surface area contributed by atoms with Gasteiger partial charge in [0.25, 0.3) is 0 Å². The van der Waals surface area contributed by atoms with Crippen LogP contribution in [-0.4, -0.2) is 12.3 Å². The molecule has 0 amide bonds. The summed E-state index contributed by atoms with van der Waals surface area (Å²) >= 11 is 0. The molecule has 118 valence electrons. The van der Waals surface area contributed by atoms with Crippen LogP contribution in [0.4, 0.5) is 0 Å². The van der Waals surface area contributed by atoms with Crippen molar-refractivity contribution in [3.05, 3.63) is 89.5 Å². The quantitative estimate of drug-likeness (QED) is 0.398. The Balaban J connectivity index is 1.73. The van der Waals surface area contributed by atoms with Crippen LogP contribution < -0.4 is 4.74 Å².